The Morgan fingerprint density at radius 3 is 3.00 bits per heavy atom. The molecule has 102 valence electrons. The molecule has 1 aliphatic heterocycles. The number of carbonyl (C=O) groups is 1. The Balaban J connectivity index is 2.08. The maximum Gasteiger partial charge on any atom is 0.270 e. The van der Waals surface area contributed by atoms with Crippen molar-refractivity contribution in [3.05, 3.63) is 39.9 Å². The number of aliphatic hydroxyl groups is 1. The van der Waals surface area contributed by atoms with E-state index in [-0.39, 0.29) is 18.2 Å². The van der Waals surface area contributed by atoms with Crippen molar-refractivity contribution in [1.29, 1.82) is 0 Å². The van der Waals surface area contributed by atoms with Gasteiger partial charge in [0.2, 0.25) is 0 Å². The predicted octanol–water partition coefficient (Wildman–Crippen LogP) is 1.44. The lowest BCUT2D eigenvalue weighted by Crippen LogP contribution is -2.28. The Morgan fingerprint density at radius 1 is 1.53 bits per heavy atom. The number of carbonyl (C=O) groups excluding carboxylic acids is 1. The molecule has 1 aliphatic rings. The van der Waals surface area contributed by atoms with E-state index < -0.39 is 4.92 Å². The SMILES string of the molecule is O=C(c1cccc([N+](=O)[O-])c1)N1CCC(CCO)C1. The van der Waals surface area contributed by atoms with Gasteiger partial charge in [0, 0.05) is 37.4 Å². The molecule has 1 atom stereocenters. The van der Waals surface area contributed by atoms with Gasteiger partial charge in [-0.3, -0.25) is 14.9 Å². The summed E-state index contributed by atoms with van der Waals surface area (Å²) in [5.41, 5.74) is 0.274. The van der Waals surface area contributed by atoms with Crippen LogP contribution in [0, 0.1) is 16.0 Å². The average Bonchev–Trinajstić information content (AvgIpc) is 2.87. The van der Waals surface area contributed by atoms with E-state index in [0.29, 0.717) is 31.0 Å². The van der Waals surface area contributed by atoms with Crippen LogP contribution in [-0.4, -0.2) is 40.5 Å². The number of nitrogens with zero attached hydrogens (tertiary/aromatic N) is 2. The van der Waals surface area contributed by atoms with Crippen molar-refractivity contribution in [1.82, 2.24) is 4.90 Å². The van der Waals surface area contributed by atoms with Crippen molar-refractivity contribution in [3.63, 3.8) is 0 Å². The van der Waals surface area contributed by atoms with Gasteiger partial charge in [0.25, 0.3) is 11.6 Å². The molecule has 0 saturated carbocycles. The molecule has 1 aromatic carbocycles. The fourth-order valence-corrected chi connectivity index (χ4v) is 2.37. The Hall–Kier alpha value is -1.95. The summed E-state index contributed by atoms with van der Waals surface area (Å²) in [5.74, 6) is 0.150. The zero-order chi connectivity index (χ0) is 13.8. The summed E-state index contributed by atoms with van der Waals surface area (Å²) in [6, 6.07) is 5.79. The lowest BCUT2D eigenvalue weighted by Gasteiger charge is -2.16. The van der Waals surface area contributed by atoms with Crippen molar-refractivity contribution in [3.8, 4) is 0 Å². The Labute approximate surface area is 110 Å². The summed E-state index contributed by atoms with van der Waals surface area (Å²) in [6.45, 7) is 1.39. The normalized spacial score (nSPS) is 18.6. The van der Waals surface area contributed by atoms with Crippen molar-refractivity contribution in [2.45, 2.75) is 12.8 Å². The van der Waals surface area contributed by atoms with Crippen LogP contribution < -0.4 is 0 Å². The van der Waals surface area contributed by atoms with Crippen molar-refractivity contribution < 1.29 is 14.8 Å². The molecule has 1 unspecified atom stereocenters. The van der Waals surface area contributed by atoms with E-state index in [2.05, 4.69) is 0 Å². The number of rotatable bonds is 4. The third-order valence-electron chi connectivity index (χ3n) is 3.41. The summed E-state index contributed by atoms with van der Waals surface area (Å²) >= 11 is 0. The molecule has 0 radical (unpaired) electrons. The number of nitro groups is 1. The lowest BCUT2D eigenvalue weighted by molar-refractivity contribution is -0.384. The minimum Gasteiger partial charge on any atom is -0.396 e. The fourth-order valence-electron chi connectivity index (χ4n) is 2.37. The second-order valence-electron chi connectivity index (χ2n) is 4.73. The van der Waals surface area contributed by atoms with Crippen LogP contribution in [0.2, 0.25) is 0 Å². The number of aliphatic hydroxyl groups excluding tert-OH is 1. The number of nitro benzene ring substituents is 1. The van der Waals surface area contributed by atoms with Crippen LogP contribution in [0.5, 0.6) is 0 Å². The first-order valence-corrected chi connectivity index (χ1v) is 6.26. The zero-order valence-corrected chi connectivity index (χ0v) is 10.5. The molecule has 0 bridgehead atoms. The van der Waals surface area contributed by atoms with Crippen LogP contribution in [0.4, 0.5) is 5.69 Å². The number of hydrogen-bond acceptors (Lipinski definition) is 4. The molecule has 2 rings (SSSR count). The number of benzene rings is 1. The van der Waals surface area contributed by atoms with E-state index in [4.69, 9.17) is 5.11 Å². The zero-order valence-electron chi connectivity index (χ0n) is 10.5. The number of non-ortho nitro benzene ring substituents is 1. The maximum absolute atomic E-state index is 12.2. The molecule has 6 nitrogen and oxygen atoms in total. The second-order valence-corrected chi connectivity index (χ2v) is 4.73. The monoisotopic (exact) mass is 264 g/mol. The van der Waals surface area contributed by atoms with E-state index in [1.54, 1.807) is 11.0 Å². The van der Waals surface area contributed by atoms with Gasteiger partial charge in [-0.1, -0.05) is 6.07 Å². The summed E-state index contributed by atoms with van der Waals surface area (Å²) in [6.07, 6.45) is 1.57. The number of hydrogen-bond donors (Lipinski definition) is 1. The first-order valence-electron chi connectivity index (χ1n) is 6.26. The van der Waals surface area contributed by atoms with E-state index in [1.165, 1.54) is 18.2 Å². The van der Waals surface area contributed by atoms with Gasteiger partial charge in [-0.15, -0.1) is 0 Å². The van der Waals surface area contributed by atoms with E-state index in [0.717, 1.165) is 6.42 Å². The van der Waals surface area contributed by atoms with Crippen LogP contribution in [0.25, 0.3) is 0 Å². The van der Waals surface area contributed by atoms with Crippen molar-refractivity contribution in [2.75, 3.05) is 19.7 Å². The Bertz CT molecular complexity index is 489. The largest absolute Gasteiger partial charge is 0.396 e. The standard InChI is InChI=1S/C13H16N2O4/c16-7-5-10-4-6-14(9-10)13(17)11-2-1-3-12(8-11)15(18)19/h1-3,8,10,16H,4-7,9H2. The Kier molecular flexibility index (Phi) is 4.11. The van der Waals surface area contributed by atoms with Crippen LogP contribution in [0.15, 0.2) is 24.3 Å². The van der Waals surface area contributed by atoms with Crippen LogP contribution >= 0.6 is 0 Å². The lowest BCUT2D eigenvalue weighted by atomic mass is 10.1. The van der Waals surface area contributed by atoms with E-state index >= 15 is 0 Å². The van der Waals surface area contributed by atoms with Crippen LogP contribution in [-0.2, 0) is 0 Å². The number of amides is 1. The quantitative estimate of drug-likeness (QED) is 0.658. The van der Waals surface area contributed by atoms with E-state index in [9.17, 15) is 14.9 Å². The molecular weight excluding hydrogens is 248 g/mol. The summed E-state index contributed by atoms with van der Waals surface area (Å²) in [7, 11) is 0. The van der Waals surface area contributed by atoms with Gasteiger partial charge in [-0.2, -0.15) is 0 Å². The first-order chi connectivity index (χ1) is 9.11. The third-order valence-corrected chi connectivity index (χ3v) is 3.41. The fraction of sp³-hybridized carbons (Fsp3) is 0.462. The topological polar surface area (TPSA) is 83.7 Å². The highest BCUT2D eigenvalue weighted by Gasteiger charge is 2.27. The molecule has 1 N–H and O–H groups in total. The third kappa shape index (κ3) is 3.08. The molecule has 0 aliphatic carbocycles. The highest BCUT2D eigenvalue weighted by atomic mass is 16.6. The van der Waals surface area contributed by atoms with Gasteiger partial charge in [-0.25, -0.2) is 0 Å². The molecule has 1 heterocycles. The number of likely N-dealkylation sites (tertiary alicyclic amines) is 1. The molecule has 19 heavy (non-hydrogen) atoms. The molecular formula is C13H16N2O4. The van der Waals surface area contributed by atoms with Gasteiger partial charge in [0.15, 0.2) is 0 Å². The maximum atomic E-state index is 12.2. The molecule has 0 spiro atoms. The predicted molar refractivity (Wildman–Crippen MR) is 68.8 cm³/mol. The summed E-state index contributed by atoms with van der Waals surface area (Å²) in [4.78, 5) is 24.1. The smallest absolute Gasteiger partial charge is 0.270 e. The summed E-state index contributed by atoms with van der Waals surface area (Å²) in [5, 5.41) is 19.6. The molecule has 0 aromatic heterocycles. The van der Waals surface area contributed by atoms with Gasteiger partial charge >= 0.3 is 0 Å². The second kappa shape index (κ2) is 5.79. The minimum absolute atomic E-state index is 0.0723. The van der Waals surface area contributed by atoms with E-state index in [1.807, 2.05) is 0 Å². The van der Waals surface area contributed by atoms with Gasteiger partial charge < -0.3 is 10.0 Å². The van der Waals surface area contributed by atoms with Crippen molar-refractivity contribution >= 4 is 11.6 Å². The van der Waals surface area contributed by atoms with Crippen LogP contribution in [0.3, 0.4) is 0 Å². The molecule has 6 heteroatoms. The highest BCUT2D eigenvalue weighted by molar-refractivity contribution is 5.95. The minimum atomic E-state index is -0.505. The summed E-state index contributed by atoms with van der Waals surface area (Å²) < 4.78 is 0. The first kappa shape index (κ1) is 13.5. The van der Waals surface area contributed by atoms with Crippen molar-refractivity contribution in [2.24, 2.45) is 5.92 Å². The molecule has 1 aromatic rings. The highest BCUT2D eigenvalue weighted by Crippen LogP contribution is 2.22. The molecule has 1 saturated heterocycles. The molecule has 1 amide bonds. The average molecular weight is 264 g/mol. The van der Waals surface area contributed by atoms with Gasteiger partial charge in [0.05, 0.1) is 4.92 Å². The van der Waals surface area contributed by atoms with Gasteiger partial charge in [0.1, 0.15) is 0 Å². The molecule has 1 fully saturated rings. The van der Waals surface area contributed by atoms with Gasteiger partial charge in [-0.05, 0) is 24.8 Å². The van der Waals surface area contributed by atoms with Crippen LogP contribution in [0.1, 0.15) is 23.2 Å². The Morgan fingerprint density at radius 2 is 2.32 bits per heavy atom.